The summed E-state index contributed by atoms with van der Waals surface area (Å²) in [7, 11) is 1.51. The number of benzene rings is 1. The van der Waals surface area contributed by atoms with E-state index in [1.54, 1.807) is 17.0 Å². The lowest BCUT2D eigenvalue weighted by Crippen LogP contribution is -2.28. The molecule has 1 amide bonds. The van der Waals surface area contributed by atoms with Crippen LogP contribution in [0, 0.1) is 0 Å². The van der Waals surface area contributed by atoms with Crippen LogP contribution in [0.4, 0.5) is 0 Å². The molecule has 17 heavy (non-hydrogen) atoms. The zero-order valence-electron chi connectivity index (χ0n) is 9.52. The first-order valence-electron chi connectivity index (χ1n) is 5.42. The molecule has 1 N–H and O–H groups in total. The molecule has 0 radical (unpaired) electrons. The van der Waals surface area contributed by atoms with E-state index in [0.717, 1.165) is 6.42 Å². The number of halogens is 1. The van der Waals surface area contributed by atoms with Crippen LogP contribution in [0.15, 0.2) is 18.2 Å². The average Bonchev–Trinajstić information content (AvgIpc) is 2.75. The first-order valence-corrected chi connectivity index (χ1v) is 5.86. The van der Waals surface area contributed by atoms with E-state index < -0.39 is 0 Å². The SMILES string of the molecule is COc1ccc(C(=O)N2CCC(Cl)C2)c(O)c1. The summed E-state index contributed by atoms with van der Waals surface area (Å²) in [6.45, 7) is 1.17. The molecule has 92 valence electrons. The van der Waals surface area contributed by atoms with Gasteiger partial charge in [0, 0.05) is 19.2 Å². The van der Waals surface area contributed by atoms with Crippen LogP contribution in [0.2, 0.25) is 0 Å². The average molecular weight is 256 g/mol. The fraction of sp³-hybridized carbons (Fsp3) is 0.417. The van der Waals surface area contributed by atoms with Gasteiger partial charge in [0.25, 0.3) is 5.91 Å². The maximum absolute atomic E-state index is 12.1. The monoisotopic (exact) mass is 255 g/mol. The summed E-state index contributed by atoms with van der Waals surface area (Å²) >= 11 is 5.95. The summed E-state index contributed by atoms with van der Waals surface area (Å²) in [5.74, 6) is 0.274. The van der Waals surface area contributed by atoms with Crippen LogP contribution in [-0.4, -0.2) is 41.5 Å². The maximum Gasteiger partial charge on any atom is 0.257 e. The van der Waals surface area contributed by atoms with Gasteiger partial charge in [-0.05, 0) is 18.6 Å². The first kappa shape index (κ1) is 12.0. The summed E-state index contributed by atoms with van der Waals surface area (Å²) in [5.41, 5.74) is 0.288. The molecule has 1 aromatic rings. The minimum atomic E-state index is -0.187. The second-order valence-electron chi connectivity index (χ2n) is 4.02. The van der Waals surface area contributed by atoms with Gasteiger partial charge in [0.05, 0.1) is 18.1 Å². The predicted octanol–water partition coefficient (Wildman–Crippen LogP) is 1.85. The topological polar surface area (TPSA) is 49.8 Å². The molecule has 1 heterocycles. The molecule has 5 heteroatoms. The number of alkyl halides is 1. The molecular formula is C12H14ClNO3. The lowest BCUT2D eigenvalue weighted by Gasteiger charge is -2.16. The molecule has 0 spiro atoms. The van der Waals surface area contributed by atoms with E-state index in [1.807, 2.05) is 0 Å². The maximum atomic E-state index is 12.1. The predicted molar refractivity (Wildman–Crippen MR) is 64.8 cm³/mol. The number of rotatable bonds is 2. The molecule has 2 rings (SSSR count). The molecule has 1 aliphatic heterocycles. The Hall–Kier alpha value is -1.42. The van der Waals surface area contributed by atoms with Crippen molar-refractivity contribution in [1.29, 1.82) is 0 Å². The number of carbonyl (C=O) groups is 1. The number of nitrogens with zero attached hydrogens (tertiary/aromatic N) is 1. The lowest BCUT2D eigenvalue weighted by atomic mass is 10.1. The Kier molecular flexibility index (Phi) is 3.43. The Morgan fingerprint density at radius 3 is 2.88 bits per heavy atom. The number of methoxy groups -OCH3 is 1. The number of hydrogen-bond acceptors (Lipinski definition) is 3. The van der Waals surface area contributed by atoms with E-state index in [2.05, 4.69) is 0 Å². The van der Waals surface area contributed by atoms with E-state index in [9.17, 15) is 9.90 Å². The van der Waals surface area contributed by atoms with Crippen molar-refractivity contribution in [2.75, 3.05) is 20.2 Å². The van der Waals surface area contributed by atoms with Gasteiger partial charge >= 0.3 is 0 Å². The van der Waals surface area contributed by atoms with E-state index in [-0.39, 0.29) is 22.6 Å². The highest BCUT2D eigenvalue weighted by Crippen LogP contribution is 2.26. The van der Waals surface area contributed by atoms with Crippen molar-refractivity contribution in [3.8, 4) is 11.5 Å². The van der Waals surface area contributed by atoms with Crippen molar-refractivity contribution in [3.63, 3.8) is 0 Å². The van der Waals surface area contributed by atoms with Crippen LogP contribution in [0.5, 0.6) is 11.5 Å². The highest BCUT2D eigenvalue weighted by Gasteiger charge is 2.26. The molecule has 4 nitrogen and oxygen atoms in total. The van der Waals surface area contributed by atoms with Gasteiger partial charge in [-0.3, -0.25) is 4.79 Å². The number of hydrogen-bond donors (Lipinski definition) is 1. The van der Waals surface area contributed by atoms with Crippen LogP contribution in [0.1, 0.15) is 16.8 Å². The minimum Gasteiger partial charge on any atom is -0.507 e. The molecular weight excluding hydrogens is 242 g/mol. The first-order chi connectivity index (χ1) is 8.11. The second-order valence-corrected chi connectivity index (χ2v) is 4.64. The van der Waals surface area contributed by atoms with Gasteiger partial charge in [-0.1, -0.05) is 0 Å². The van der Waals surface area contributed by atoms with Crippen molar-refractivity contribution in [3.05, 3.63) is 23.8 Å². The van der Waals surface area contributed by atoms with Crippen molar-refractivity contribution in [1.82, 2.24) is 4.90 Å². The zero-order valence-corrected chi connectivity index (χ0v) is 10.3. The van der Waals surface area contributed by atoms with Crippen molar-refractivity contribution in [2.24, 2.45) is 0 Å². The summed E-state index contributed by atoms with van der Waals surface area (Å²) in [5, 5.41) is 9.77. The van der Waals surface area contributed by atoms with Gasteiger partial charge in [-0.25, -0.2) is 0 Å². The third-order valence-corrected chi connectivity index (χ3v) is 3.21. The highest BCUT2D eigenvalue weighted by molar-refractivity contribution is 6.21. The summed E-state index contributed by atoms with van der Waals surface area (Å²) < 4.78 is 4.97. The molecule has 0 aliphatic carbocycles. The lowest BCUT2D eigenvalue weighted by molar-refractivity contribution is 0.0790. The molecule has 1 aliphatic rings. The van der Waals surface area contributed by atoms with Gasteiger partial charge in [0.15, 0.2) is 0 Å². The molecule has 1 atom stereocenters. The van der Waals surface area contributed by atoms with Crippen LogP contribution in [-0.2, 0) is 0 Å². The normalized spacial score (nSPS) is 19.4. The van der Waals surface area contributed by atoms with Gasteiger partial charge < -0.3 is 14.7 Å². The number of likely N-dealkylation sites (tertiary alicyclic amines) is 1. The molecule has 1 aromatic carbocycles. The number of phenols is 1. The highest BCUT2D eigenvalue weighted by atomic mass is 35.5. The Bertz CT molecular complexity index is 436. The van der Waals surface area contributed by atoms with Crippen LogP contribution in [0.3, 0.4) is 0 Å². The van der Waals surface area contributed by atoms with E-state index in [1.165, 1.54) is 13.2 Å². The molecule has 0 saturated carbocycles. The van der Waals surface area contributed by atoms with Crippen molar-refractivity contribution >= 4 is 17.5 Å². The Morgan fingerprint density at radius 1 is 1.59 bits per heavy atom. The van der Waals surface area contributed by atoms with E-state index in [0.29, 0.717) is 18.8 Å². The van der Waals surface area contributed by atoms with Crippen molar-refractivity contribution < 1.29 is 14.6 Å². The Morgan fingerprint density at radius 2 is 2.35 bits per heavy atom. The number of aromatic hydroxyl groups is 1. The summed E-state index contributed by atoms with van der Waals surface area (Å²) in [4.78, 5) is 13.7. The minimum absolute atomic E-state index is 0.0133. The Balaban J connectivity index is 2.19. The van der Waals surface area contributed by atoms with Crippen molar-refractivity contribution in [2.45, 2.75) is 11.8 Å². The van der Waals surface area contributed by atoms with E-state index >= 15 is 0 Å². The third-order valence-electron chi connectivity index (χ3n) is 2.85. The standard InChI is InChI=1S/C12H14ClNO3/c1-17-9-2-3-10(11(15)6-9)12(16)14-5-4-8(13)7-14/h2-3,6,8,15H,4-5,7H2,1H3. The molecule has 1 unspecified atom stereocenters. The third kappa shape index (κ3) is 2.47. The fourth-order valence-corrected chi connectivity index (χ4v) is 2.16. The quantitative estimate of drug-likeness (QED) is 0.821. The smallest absolute Gasteiger partial charge is 0.257 e. The molecule has 1 fully saturated rings. The van der Waals surface area contributed by atoms with E-state index in [4.69, 9.17) is 16.3 Å². The van der Waals surface area contributed by atoms with Crippen LogP contribution < -0.4 is 4.74 Å². The second kappa shape index (κ2) is 4.84. The molecule has 1 saturated heterocycles. The van der Waals surface area contributed by atoms with Crippen LogP contribution >= 0.6 is 11.6 Å². The summed E-state index contributed by atoms with van der Waals surface area (Å²) in [6, 6.07) is 4.65. The summed E-state index contributed by atoms with van der Waals surface area (Å²) in [6.07, 6.45) is 0.796. The van der Waals surface area contributed by atoms with Gasteiger partial charge in [-0.2, -0.15) is 0 Å². The Labute approximate surface area is 105 Å². The number of amides is 1. The number of carbonyl (C=O) groups excluding carboxylic acids is 1. The van der Waals surface area contributed by atoms with Gasteiger partial charge in [0.1, 0.15) is 11.5 Å². The van der Waals surface area contributed by atoms with Crippen LogP contribution in [0.25, 0.3) is 0 Å². The molecule has 0 aromatic heterocycles. The largest absolute Gasteiger partial charge is 0.507 e. The van der Waals surface area contributed by atoms with Gasteiger partial charge in [0.2, 0.25) is 0 Å². The molecule has 0 bridgehead atoms. The number of phenolic OH excluding ortho intramolecular Hbond substituents is 1. The number of ether oxygens (including phenoxy) is 1. The fourth-order valence-electron chi connectivity index (χ4n) is 1.89. The van der Waals surface area contributed by atoms with Gasteiger partial charge in [-0.15, -0.1) is 11.6 Å². The zero-order chi connectivity index (χ0) is 12.4.